The summed E-state index contributed by atoms with van der Waals surface area (Å²) in [6.45, 7) is 5.93. The number of thiophene rings is 1. The summed E-state index contributed by atoms with van der Waals surface area (Å²) < 4.78 is 11.4. The summed E-state index contributed by atoms with van der Waals surface area (Å²) in [7, 11) is 0. The van der Waals surface area contributed by atoms with Crippen LogP contribution < -0.4 is 10.1 Å². The van der Waals surface area contributed by atoms with Crippen molar-refractivity contribution in [3.63, 3.8) is 0 Å². The zero-order chi connectivity index (χ0) is 23.5. The van der Waals surface area contributed by atoms with Gasteiger partial charge in [-0.15, -0.1) is 11.3 Å². The molecule has 6 nitrogen and oxygen atoms in total. The number of nitrogens with zero attached hydrogens (tertiary/aromatic N) is 1. The Hall–Kier alpha value is -2.38. The van der Waals surface area contributed by atoms with Crippen molar-refractivity contribution in [2.45, 2.75) is 64.5 Å². The lowest BCUT2D eigenvalue weighted by Crippen LogP contribution is -2.47. The minimum absolute atomic E-state index is 0.142. The van der Waals surface area contributed by atoms with Crippen LogP contribution in [-0.2, 0) is 9.53 Å². The van der Waals surface area contributed by atoms with Crippen molar-refractivity contribution in [2.24, 2.45) is 0 Å². The van der Waals surface area contributed by atoms with Gasteiger partial charge in [-0.1, -0.05) is 43.5 Å². The summed E-state index contributed by atoms with van der Waals surface area (Å²) in [4.78, 5) is 29.7. The predicted molar refractivity (Wildman–Crippen MR) is 132 cm³/mol. The molecule has 2 amide bonds. The van der Waals surface area contributed by atoms with E-state index in [1.165, 1.54) is 17.8 Å². The van der Waals surface area contributed by atoms with Crippen LogP contribution in [0.25, 0.3) is 0 Å². The number of rotatable bonds is 12. The van der Waals surface area contributed by atoms with E-state index in [2.05, 4.69) is 5.32 Å². The molecule has 0 saturated heterocycles. The van der Waals surface area contributed by atoms with Crippen molar-refractivity contribution >= 4 is 23.2 Å². The Kier molecular flexibility index (Phi) is 10.2. The molecule has 1 saturated carbocycles. The van der Waals surface area contributed by atoms with Gasteiger partial charge in [-0.25, -0.2) is 0 Å². The first-order chi connectivity index (χ1) is 16.2. The number of carbonyl (C=O) groups excluding carboxylic acids is 2. The monoisotopic (exact) mass is 472 g/mol. The second-order valence-electron chi connectivity index (χ2n) is 8.24. The van der Waals surface area contributed by atoms with Gasteiger partial charge in [-0.05, 0) is 50.6 Å². The van der Waals surface area contributed by atoms with Gasteiger partial charge in [0.2, 0.25) is 5.91 Å². The van der Waals surface area contributed by atoms with Crippen molar-refractivity contribution in [3.8, 4) is 5.75 Å². The topological polar surface area (TPSA) is 67.9 Å². The Morgan fingerprint density at radius 1 is 1.09 bits per heavy atom. The quantitative estimate of drug-likeness (QED) is 0.431. The van der Waals surface area contributed by atoms with Crippen LogP contribution in [0, 0.1) is 0 Å². The van der Waals surface area contributed by atoms with Gasteiger partial charge in [0.25, 0.3) is 5.91 Å². The fourth-order valence-corrected chi connectivity index (χ4v) is 5.02. The van der Waals surface area contributed by atoms with Crippen LogP contribution >= 0.6 is 11.3 Å². The molecule has 1 heterocycles. The SMILES string of the molecule is CCOCCCN(C(=O)c1cccs1)C(C(=O)NC1CCCCC1)c1ccccc1OCC. The molecule has 180 valence electrons. The predicted octanol–water partition coefficient (Wildman–Crippen LogP) is 5.21. The molecule has 1 aliphatic carbocycles. The first kappa shape index (κ1) is 25.2. The van der Waals surface area contributed by atoms with Crippen LogP contribution in [-0.4, -0.2) is 49.1 Å². The number of nitrogens with one attached hydrogen (secondary N) is 1. The number of ether oxygens (including phenoxy) is 2. The van der Waals surface area contributed by atoms with E-state index in [0.29, 0.717) is 49.0 Å². The molecule has 0 spiro atoms. The first-order valence-electron chi connectivity index (χ1n) is 12.1. The van der Waals surface area contributed by atoms with Crippen LogP contribution in [0.3, 0.4) is 0 Å². The molecular weight excluding hydrogens is 436 g/mol. The van der Waals surface area contributed by atoms with Crippen molar-refractivity contribution in [1.82, 2.24) is 10.2 Å². The maximum absolute atomic E-state index is 13.8. The van der Waals surface area contributed by atoms with Crippen LogP contribution in [0.4, 0.5) is 0 Å². The van der Waals surface area contributed by atoms with Gasteiger partial charge >= 0.3 is 0 Å². The molecule has 7 heteroatoms. The lowest BCUT2D eigenvalue weighted by molar-refractivity contribution is -0.127. The molecule has 1 atom stereocenters. The van der Waals surface area contributed by atoms with Crippen LogP contribution in [0.1, 0.15) is 73.6 Å². The fourth-order valence-electron chi connectivity index (χ4n) is 4.34. The van der Waals surface area contributed by atoms with Crippen LogP contribution in [0.5, 0.6) is 5.75 Å². The molecule has 1 fully saturated rings. The summed E-state index contributed by atoms with van der Waals surface area (Å²) in [5, 5.41) is 5.14. The summed E-state index contributed by atoms with van der Waals surface area (Å²) >= 11 is 1.39. The Balaban J connectivity index is 1.96. The maximum atomic E-state index is 13.8. The van der Waals surface area contributed by atoms with Gasteiger partial charge in [0, 0.05) is 31.4 Å². The maximum Gasteiger partial charge on any atom is 0.264 e. The molecular formula is C26H36N2O4S. The zero-order valence-electron chi connectivity index (χ0n) is 19.8. The number of hydrogen-bond acceptors (Lipinski definition) is 5. The first-order valence-corrected chi connectivity index (χ1v) is 13.0. The molecule has 1 aromatic carbocycles. The summed E-state index contributed by atoms with van der Waals surface area (Å²) in [6.07, 6.45) is 6.07. The average molecular weight is 473 g/mol. The van der Waals surface area contributed by atoms with E-state index >= 15 is 0 Å². The largest absolute Gasteiger partial charge is 0.494 e. The number of amides is 2. The molecule has 33 heavy (non-hydrogen) atoms. The third-order valence-electron chi connectivity index (χ3n) is 5.91. The highest BCUT2D eigenvalue weighted by Crippen LogP contribution is 2.32. The molecule has 1 N–H and O–H groups in total. The molecule has 0 bridgehead atoms. The summed E-state index contributed by atoms with van der Waals surface area (Å²) in [5.41, 5.74) is 0.717. The molecule has 2 aromatic rings. The van der Waals surface area contributed by atoms with E-state index < -0.39 is 6.04 Å². The van der Waals surface area contributed by atoms with Crippen LogP contribution in [0.15, 0.2) is 41.8 Å². The lowest BCUT2D eigenvalue weighted by atomic mass is 9.94. The molecule has 0 radical (unpaired) electrons. The summed E-state index contributed by atoms with van der Waals surface area (Å²) in [6, 6.07) is 10.6. The summed E-state index contributed by atoms with van der Waals surface area (Å²) in [5.74, 6) is 0.351. The highest BCUT2D eigenvalue weighted by Gasteiger charge is 2.35. The van der Waals surface area contributed by atoms with E-state index in [1.807, 2.05) is 55.6 Å². The standard InChI is InChI=1S/C26H36N2O4S/c1-3-31-18-11-17-28(26(30)23-16-10-19-33-23)24(21-14-8-9-15-22(21)32-4-2)25(29)27-20-12-6-5-7-13-20/h8-10,14-16,19-20,24H,3-7,11-13,17-18H2,1-2H3,(H,27,29). The van der Waals surface area contributed by atoms with Crippen molar-refractivity contribution < 1.29 is 19.1 Å². The second-order valence-corrected chi connectivity index (χ2v) is 9.19. The third-order valence-corrected chi connectivity index (χ3v) is 6.77. The molecule has 1 unspecified atom stereocenters. The van der Waals surface area contributed by atoms with E-state index in [9.17, 15) is 9.59 Å². The zero-order valence-corrected chi connectivity index (χ0v) is 20.6. The highest BCUT2D eigenvalue weighted by atomic mass is 32.1. The third kappa shape index (κ3) is 7.05. The Labute approximate surface area is 201 Å². The Morgan fingerprint density at radius 2 is 1.88 bits per heavy atom. The fraction of sp³-hybridized carbons (Fsp3) is 0.538. The van der Waals surface area contributed by atoms with Crippen molar-refractivity contribution in [1.29, 1.82) is 0 Å². The molecule has 1 aliphatic rings. The average Bonchev–Trinajstić information content (AvgIpc) is 3.37. The Bertz CT molecular complexity index is 865. The number of carbonyl (C=O) groups is 2. The van der Waals surface area contributed by atoms with Gasteiger partial charge in [0.1, 0.15) is 11.8 Å². The van der Waals surface area contributed by atoms with Gasteiger partial charge in [-0.3, -0.25) is 9.59 Å². The molecule has 3 rings (SSSR count). The number of hydrogen-bond donors (Lipinski definition) is 1. The van der Waals surface area contributed by atoms with E-state index in [0.717, 1.165) is 25.7 Å². The van der Waals surface area contributed by atoms with Gasteiger partial charge in [0.15, 0.2) is 0 Å². The van der Waals surface area contributed by atoms with Crippen molar-refractivity contribution in [2.75, 3.05) is 26.4 Å². The minimum Gasteiger partial charge on any atom is -0.494 e. The van der Waals surface area contributed by atoms with E-state index in [-0.39, 0.29) is 17.9 Å². The minimum atomic E-state index is -0.772. The molecule has 1 aromatic heterocycles. The van der Waals surface area contributed by atoms with Crippen LogP contribution in [0.2, 0.25) is 0 Å². The van der Waals surface area contributed by atoms with Crippen molar-refractivity contribution in [3.05, 3.63) is 52.2 Å². The Morgan fingerprint density at radius 3 is 2.58 bits per heavy atom. The van der Waals surface area contributed by atoms with E-state index in [4.69, 9.17) is 9.47 Å². The smallest absolute Gasteiger partial charge is 0.264 e. The number of benzene rings is 1. The van der Waals surface area contributed by atoms with E-state index in [1.54, 1.807) is 4.90 Å². The number of para-hydroxylation sites is 1. The lowest BCUT2D eigenvalue weighted by Gasteiger charge is -2.34. The highest BCUT2D eigenvalue weighted by molar-refractivity contribution is 7.12. The van der Waals surface area contributed by atoms with Gasteiger partial charge in [-0.2, -0.15) is 0 Å². The molecule has 0 aliphatic heterocycles. The normalized spacial score (nSPS) is 15.1. The van der Waals surface area contributed by atoms with Gasteiger partial charge in [0.05, 0.1) is 11.5 Å². The second kappa shape index (κ2) is 13.4. The van der Waals surface area contributed by atoms with Gasteiger partial charge < -0.3 is 19.7 Å².